The van der Waals surface area contributed by atoms with E-state index in [4.69, 9.17) is 5.73 Å². The minimum Gasteiger partial charge on any atom is -0.351 e. The van der Waals surface area contributed by atoms with Gasteiger partial charge in [-0.15, -0.1) is 0 Å². The molecule has 0 spiro atoms. The molecule has 1 rings (SSSR count). The molecule has 1 aromatic heterocycles. The van der Waals surface area contributed by atoms with E-state index >= 15 is 0 Å². The predicted octanol–water partition coefficient (Wildman–Crippen LogP) is -0.0328. The summed E-state index contributed by atoms with van der Waals surface area (Å²) in [4.78, 5) is 17.6. The van der Waals surface area contributed by atoms with Crippen LogP contribution in [-0.2, 0) is 0 Å². The van der Waals surface area contributed by atoms with Crippen molar-refractivity contribution in [3.05, 3.63) is 18.5 Å². The standard InChI is InChI=1S/C5H6N4O/c6-4(10)9-5-7-2-1-3-8-5/h1-3H,(H3,6,7,8,9,10). The maximum absolute atomic E-state index is 10.2. The van der Waals surface area contributed by atoms with Gasteiger partial charge in [0.05, 0.1) is 0 Å². The van der Waals surface area contributed by atoms with Gasteiger partial charge in [0, 0.05) is 12.4 Å². The first-order valence-electron chi connectivity index (χ1n) is 2.62. The first kappa shape index (κ1) is 6.47. The molecule has 0 aliphatic heterocycles. The number of hydrogen-bond acceptors (Lipinski definition) is 3. The van der Waals surface area contributed by atoms with Crippen LogP contribution < -0.4 is 11.1 Å². The average molecular weight is 138 g/mol. The molecule has 1 aromatic rings. The normalized spacial score (nSPS) is 8.80. The molecule has 10 heavy (non-hydrogen) atoms. The summed E-state index contributed by atoms with van der Waals surface area (Å²) in [7, 11) is 0. The molecule has 0 saturated carbocycles. The monoisotopic (exact) mass is 138 g/mol. The van der Waals surface area contributed by atoms with Crippen LogP contribution in [0.5, 0.6) is 0 Å². The van der Waals surface area contributed by atoms with Crippen LogP contribution in [0.15, 0.2) is 18.5 Å². The fourth-order valence-electron chi connectivity index (χ4n) is 0.474. The molecule has 0 aliphatic rings. The van der Waals surface area contributed by atoms with Gasteiger partial charge in [0.15, 0.2) is 0 Å². The van der Waals surface area contributed by atoms with E-state index < -0.39 is 6.03 Å². The molecule has 0 fully saturated rings. The van der Waals surface area contributed by atoms with Gasteiger partial charge in [0.25, 0.3) is 0 Å². The first-order chi connectivity index (χ1) is 4.79. The number of amides is 2. The van der Waals surface area contributed by atoms with Crippen molar-refractivity contribution < 1.29 is 4.79 Å². The third kappa shape index (κ3) is 1.70. The quantitative estimate of drug-likeness (QED) is 0.571. The first-order valence-corrected chi connectivity index (χ1v) is 2.62. The lowest BCUT2D eigenvalue weighted by Gasteiger charge is -1.95. The zero-order chi connectivity index (χ0) is 7.40. The Morgan fingerprint density at radius 3 is 2.60 bits per heavy atom. The van der Waals surface area contributed by atoms with Crippen molar-refractivity contribution in [1.29, 1.82) is 0 Å². The summed E-state index contributed by atoms with van der Waals surface area (Å²) in [6.07, 6.45) is 3.02. The third-order valence-electron chi connectivity index (χ3n) is 0.801. The third-order valence-corrected chi connectivity index (χ3v) is 0.801. The van der Waals surface area contributed by atoms with Crippen molar-refractivity contribution in [2.75, 3.05) is 5.32 Å². The topological polar surface area (TPSA) is 80.9 Å². The fourth-order valence-corrected chi connectivity index (χ4v) is 0.474. The molecule has 0 unspecified atom stereocenters. The van der Waals surface area contributed by atoms with Crippen molar-refractivity contribution >= 4 is 12.0 Å². The van der Waals surface area contributed by atoms with E-state index in [1.807, 2.05) is 0 Å². The van der Waals surface area contributed by atoms with Crippen LogP contribution >= 0.6 is 0 Å². The van der Waals surface area contributed by atoms with Gasteiger partial charge < -0.3 is 5.73 Å². The molecule has 52 valence electrons. The molecule has 0 atom stereocenters. The Labute approximate surface area is 57.3 Å². The van der Waals surface area contributed by atoms with E-state index in [2.05, 4.69) is 15.3 Å². The second-order valence-electron chi connectivity index (χ2n) is 1.56. The highest BCUT2D eigenvalue weighted by Gasteiger charge is 1.94. The summed E-state index contributed by atoms with van der Waals surface area (Å²) in [5.41, 5.74) is 4.79. The van der Waals surface area contributed by atoms with Crippen molar-refractivity contribution in [1.82, 2.24) is 9.97 Å². The van der Waals surface area contributed by atoms with Crippen LogP contribution in [0.25, 0.3) is 0 Å². The molecule has 0 aromatic carbocycles. The summed E-state index contributed by atoms with van der Waals surface area (Å²) >= 11 is 0. The van der Waals surface area contributed by atoms with Crippen LogP contribution in [-0.4, -0.2) is 16.0 Å². The van der Waals surface area contributed by atoms with Crippen molar-refractivity contribution in [2.24, 2.45) is 5.73 Å². The molecule has 1 heterocycles. The zero-order valence-corrected chi connectivity index (χ0v) is 5.11. The van der Waals surface area contributed by atoms with Crippen LogP contribution in [0.3, 0.4) is 0 Å². The number of carbonyl (C=O) groups is 1. The highest BCUT2D eigenvalue weighted by molar-refractivity contribution is 5.85. The maximum Gasteiger partial charge on any atom is 0.319 e. The summed E-state index contributed by atoms with van der Waals surface area (Å²) in [5, 5.41) is 2.22. The largest absolute Gasteiger partial charge is 0.351 e. The Morgan fingerprint density at radius 2 is 2.10 bits per heavy atom. The molecule has 0 radical (unpaired) electrons. The number of primary amides is 1. The smallest absolute Gasteiger partial charge is 0.319 e. The number of nitrogens with one attached hydrogen (secondary N) is 1. The molecule has 3 N–H and O–H groups in total. The SMILES string of the molecule is NC(=O)Nc1ncccn1. The Hall–Kier alpha value is -1.65. The van der Waals surface area contributed by atoms with E-state index in [1.165, 1.54) is 12.4 Å². The summed E-state index contributed by atoms with van der Waals surface area (Å²) < 4.78 is 0. The van der Waals surface area contributed by atoms with Crippen LogP contribution in [0.1, 0.15) is 0 Å². The summed E-state index contributed by atoms with van der Waals surface area (Å²) in [6.45, 7) is 0. The van der Waals surface area contributed by atoms with Crippen LogP contribution in [0.2, 0.25) is 0 Å². The Kier molecular flexibility index (Phi) is 1.79. The molecular weight excluding hydrogens is 132 g/mol. The highest BCUT2D eigenvalue weighted by atomic mass is 16.2. The second-order valence-corrected chi connectivity index (χ2v) is 1.56. The Balaban J connectivity index is 2.67. The lowest BCUT2D eigenvalue weighted by molar-refractivity contribution is 0.259. The van der Waals surface area contributed by atoms with Gasteiger partial charge in [-0.3, -0.25) is 5.32 Å². The molecule has 5 nitrogen and oxygen atoms in total. The van der Waals surface area contributed by atoms with Gasteiger partial charge in [-0.1, -0.05) is 0 Å². The molecular formula is C5H6N4O. The van der Waals surface area contributed by atoms with Crippen molar-refractivity contribution in [3.8, 4) is 0 Å². The number of anilines is 1. The molecule has 0 aliphatic carbocycles. The van der Waals surface area contributed by atoms with E-state index in [1.54, 1.807) is 6.07 Å². The van der Waals surface area contributed by atoms with Crippen molar-refractivity contribution in [2.45, 2.75) is 0 Å². The van der Waals surface area contributed by atoms with Crippen LogP contribution in [0, 0.1) is 0 Å². The minimum atomic E-state index is -0.661. The Morgan fingerprint density at radius 1 is 1.50 bits per heavy atom. The van der Waals surface area contributed by atoms with Gasteiger partial charge in [-0.05, 0) is 6.07 Å². The number of hydrogen-bond donors (Lipinski definition) is 2. The van der Waals surface area contributed by atoms with Gasteiger partial charge >= 0.3 is 6.03 Å². The maximum atomic E-state index is 10.2. The van der Waals surface area contributed by atoms with Gasteiger partial charge in [0.2, 0.25) is 5.95 Å². The van der Waals surface area contributed by atoms with Gasteiger partial charge in [0.1, 0.15) is 0 Å². The van der Waals surface area contributed by atoms with E-state index in [0.29, 0.717) is 0 Å². The average Bonchev–Trinajstić information content (AvgIpc) is 1.88. The lowest BCUT2D eigenvalue weighted by atomic mass is 10.7. The second kappa shape index (κ2) is 2.77. The van der Waals surface area contributed by atoms with E-state index in [0.717, 1.165) is 0 Å². The lowest BCUT2D eigenvalue weighted by Crippen LogP contribution is -2.20. The molecule has 5 heteroatoms. The minimum absolute atomic E-state index is 0.218. The van der Waals surface area contributed by atoms with E-state index in [9.17, 15) is 4.79 Å². The van der Waals surface area contributed by atoms with E-state index in [-0.39, 0.29) is 5.95 Å². The molecule has 0 saturated heterocycles. The number of rotatable bonds is 1. The highest BCUT2D eigenvalue weighted by Crippen LogP contribution is 1.91. The number of nitrogens with zero attached hydrogens (tertiary/aromatic N) is 2. The summed E-state index contributed by atoms with van der Waals surface area (Å²) in [6, 6.07) is 0.984. The number of aromatic nitrogens is 2. The van der Waals surface area contributed by atoms with Crippen molar-refractivity contribution in [3.63, 3.8) is 0 Å². The van der Waals surface area contributed by atoms with Gasteiger partial charge in [-0.25, -0.2) is 14.8 Å². The summed E-state index contributed by atoms with van der Waals surface area (Å²) in [5.74, 6) is 0.218. The number of urea groups is 1. The molecule has 0 bridgehead atoms. The van der Waals surface area contributed by atoms with Crippen LogP contribution in [0.4, 0.5) is 10.7 Å². The van der Waals surface area contributed by atoms with Gasteiger partial charge in [-0.2, -0.15) is 0 Å². The Bertz CT molecular complexity index is 222. The number of carbonyl (C=O) groups excluding carboxylic acids is 1. The predicted molar refractivity (Wildman–Crippen MR) is 35.2 cm³/mol. The number of nitrogens with two attached hydrogens (primary N) is 1. The fraction of sp³-hybridized carbons (Fsp3) is 0. The molecule has 2 amide bonds. The zero-order valence-electron chi connectivity index (χ0n) is 5.11.